The van der Waals surface area contributed by atoms with Gasteiger partial charge in [-0.05, 0) is 151 Å². The molecule has 0 spiro atoms. The van der Waals surface area contributed by atoms with Crippen molar-refractivity contribution in [2.75, 3.05) is 98.2 Å². The third-order valence-corrected chi connectivity index (χ3v) is 24.0. The van der Waals surface area contributed by atoms with Crippen molar-refractivity contribution in [3.8, 4) is 0 Å². The zero-order valence-electron chi connectivity index (χ0n) is 64.5. The number of hydrogen-bond acceptors (Lipinski definition) is 11. The monoisotopic (exact) mass is 1570 g/mol. The van der Waals surface area contributed by atoms with E-state index in [-0.39, 0.29) is 82.6 Å². The zero-order chi connectivity index (χ0) is 75.8. The van der Waals surface area contributed by atoms with Gasteiger partial charge in [-0.1, -0.05) is 177 Å². The first-order valence-electron chi connectivity index (χ1n) is 38.8. The van der Waals surface area contributed by atoms with Crippen molar-refractivity contribution in [3.63, 3.8) is 0 Å². The predicted molar refractivity (Wildman–Crippen MR) is 428 cm³/mol. The number of likely N-dealkylation sites (tertiary alicyclic amines) is 3. The van der Waals surface area contributed by atoms with Crippen LogP contribution in [0.1, 0.15) is 179 Å². The number of primary amides is 1. The van der Waals surface area contributed by atoms with Gasteiger partial charge in [-0.2, -0.15) is 0 Å². The second-order valence-corrected chi connectivity index (χ2v) is 34.6. The van der Waals surface area contributed by atoms with Gasteiger partial charge in [0.1, 0.15) is 0 Å². The molecule has 6 aliphatic rings. The van der Waals surface area contributed by atoms with Gasteiger partial charge in [0.15, 0.2) is 0 Å². The summed E-state index contributed by atoms with van der Waals surface area (Å²) in [5.74, 6) is 2.49. The summed E-state index contributed by atoms with van der Waals surface area (Å²) in [6.07, 6.45) is 10.8. The fourth-order valence-corrected chi connectivity index (χ4v) is 17.3. The number of carbonyl (C=O) groups is 6. The number of carbonyl (C=O) groups excluding carboxylic acids is 6. The highest BCUT2D eigenvalue weighted by atomic mass is 79.9. The fourth-order valence-electron chi connectivity index (χ4n) is 16.8. The Kier molecular flexibility index (Phi) is 28.8. The number of nitrogens with zero attached hydrogens (tertiary/aromatic N) is 11. The molecule has 20 heteroatoms. The summed E-state index contributed by atoms with van der Waals surface area (Å²) in [6, 6.07) is 51.1. The maximum absolute atomic E-state index is 13.6. The number of benzene rings is 4. The zero-order valence-corrected chi connectivity index (χ0v) is 67.6. The summed E-state index contributed by atoms with van der Waals surface area (Å²) >= 11 is 7.03. The molecule has 5 atom stereocenters. The molecule has 6 aliphatic heterocycles. The van der Waals surface area contributed by atoms with Crippen LogP contribution in [0.15, 0.2) is 167 Å². The number of hydrogen-bond donors (Lipinski definition) is 1. The van der Waals surface area contributed by atoms with Crippen LogP contribution in [-0.4, -0.2) is 206 Å². The maximum Gasteiger partial charge on any atom is 0.314 e. The summed E-state index contributed by atoms with van der Waals surface area (Å²) in [7, 11) is 0. The van der Waals surface area contributed by atoms with Crippen molar-refractivity contribution in [1.29, 1.82) is 0 Å². The average Bonchev–Trinajstić information content (AvgIpc) is 0.789. The van der Waals surface area contributed by atoms with Crippen molar-refractivity contribution in [1.82, 2.24) is 54.1 Å². The van der Waals surface area contributed by atoms with Crippen molar-refractivity contribution in [3.05, 3.63) is 201 Å². The van der Waals surface area contributed by atoms with E-state index in [1.54, 1.807) is 18.7 Å². The minimum absolute atomic E-state index is 0.0273. The Balaban J connectivity index is 0.000000170. The van der Waals surface area contributed by atoms with Gasteiger partial charge >= 0.3 is 6.03 Å². The van der Waals surface area contributed by atoms with Crippen LogP contribution >= 0.6 is 31.9 Å². The van der Waals surface area contributed by atoms with Gasteiger partial charge in [0, 0.05) is 171 Å². The number of pyridine rings is 2. The standard InChI is InChI=1S/C29H39BrN4O2.C29H39N3O2.C28H38BrN5O2/c1-21(35)32-14-12-22(13-15-32)18-27(36)34-17-16-33(20-26(34)29(2,3)4)28(23-8-6-5-7-9-23)25-11-10-24(30)19-31-25;1-22(2)27-21-31(29(25-10-6-4-7-11-25)26-12-8-5-9-13-26)18-19-32(27)28(34)20-24-14-16-30(17-15-24)23(3)33;1-28(2,3)24-19-33(26(21-7-5-4-6-8-21)23-10-9-22(29)18-31-23)15-16-34(24)25(35)17-20-11-13-32(14-12-20)27(30)36/h5-11,19,22,26,28H,12-18,20H2,1-4H3;4-13,22,24,27,29H,14-21H2,1-3H3;4-10,18,20,24,26H,11-17,19H2,1-3H3,(H2,30,36)/t26-,28?;27-;24-,26?/m111/s1. The molecule has 12 rings (SSSR count). The second-order valence-electron chi connectivity index (χ2n) is 32.8. The van der Waals surface area contributed by atoms with Crippen molar-refractivity contribution >= 4 is 67.4 Å². The minimum atomic E-state index is -0.364. The largest absolute Gasteiger partial charge is 0.351 e. The molecule has 4 aromatic carbocycles. The lowest BCUT2D eigenvalue weighted by molar-refractivity contribution is -0.142. The number of nitrogens with two attached hydrogens (primary N) is 1. The van der Waals surface area contributed by atoms with Gasteiger partial charge in [0.25, 0.3) is 0 Å². The Hall–Kier alpha value is -7.36. The average molecular weight is 1570 g/mol. The van der Waals surface area contributed by atoms with Gasteiger partial charge in [-0.3, -0.25) is 48.6 Å². The highest BCUT2D eigenvalue weighted by Gasteiger charge is 2.44. The lowest BCUT2D eigenvalue weighted by Crippen LogP contribution is -2.60. The molecule has 2 unspecified atom stereocenters. The van der Waals surface area contributed by atoms with Crippen LogP contribution in [-0.2, 0) is 24.0 Å². The van der Waals surface area contributed by atoms with Gasteiger partial charge in [-0.25, -0.2) is 4.79 Å². The first-order valence-corrected chi connectivity index (χ1v) is 40.4. The first-order chi connectivity index (χ1) is 50.7. The highest BCUT2D eigenvalue weighted by Crippen LogP contribution is 2.40. The van der Waals surface area contributed by atoms with E-state index in [9.17, 15) is 28.8 Å². The second kappa shape index (κ2) is 37.6. The lowest BCUT2D eigenvalue weighted by Gasteiger charge is -2.49. The molecule has 7 amide bonds. The number of piperidine rings is 3. The molecule has 2 aromatic heterocycles. The molecule has 8 heterocycles. The molecular weight excluding hydrogens is 1460 g/mol. The summed E-state index contributed by atoms with van der Waals surface area (Å²) in [4.78, 5) is 104. The number of amides is 7. The smallest absolute Gasteiger partial charge is 0.314 e. The Labute approximate surface area is 648 Å². The normalized spacial score (nSPS) is 20.6. The van der Waals surface area contributed by atoms with E-state index in [1.165, 1.54) is 22.3 Å². The van der Waals surface area contributed by atoms with Gasteiger partial charge < -0.3 is 35.1 Å². The SMILES string of the molecule is CC(=O)N1CCC(CC(=O)N2CCN(C(c3ccccc3)c3ccc(Br)cn3)C[C@@H]2C(C)(C)C)CC1.CC(=O)N1CCC(CC(=O)N2CCN(C(c3ccccc3)c3ccccc3)C[C@@H]2C(C)C)CC1.CC(C)(C)[C@H]1CN(C(c2ccccc2)c2ccc(Br)cn2)CCN1C(=O)CC1CCN(C(N)=O)CC1. The number of piperazine rings is 3. The molecule has 106 heavy (non-hydrogen) atoms. The third-order valence-electron chi connectivity index (χ3n) is 23.1. The van der Waals surface area contributed by atoms with E-state index in [4.69, 9.17) is 15.7 Å². The van der Waals surface area contributed by atoms with Crippen LogP contribution < -0.4 is 5.73 Å². The maximum atomic E-state index is 13.6. The molecule has 570 valence electrons. The summed E-state index contributed by atoms with van der Waals surface area (Å²) in [5.41, 5.74) is 12.4. The van der Waals surface area contributed by atoms with E-state index in [0.29, 0.717) is 69.1 Å². The van der Waals surface area contributed by atoms with Crippen LogP contribution in [0.3, 0.4) is 0 Å². The van der Waals surface area contributed by atoms with E-state index in [1.807, 2.05) is 40.4 Å². The molecule has 0 bridgehead atoms. The van der Waals surface area contributed by atoms with Gasteiger partial charge in [0.05, 0.1) is 29.5 Å². The minimum Gasteiger partial charge on any atom is -0.351 e. The van der Waals surface area contributed by atoms with Crippen molar-refractivity contribution in [2.45, 2.75) is 163 Å². The van der Waals surface area contributed by atoms with Crippen LogP contribution in [0.2, 0.25) is 0 Å². The van der Waals surface area contributed by atoms with E-state index < -0.39 is 0 Å². The van der Waals surface area contributed by atoms with E-state index in [0.717, 1.165) is 131 Å². The number of halogens is 2. The third kappa shape index (κ3) is 21.7. The Morgan fingerprint density at radius 3 is 1.00 bits per heavy atom. The highest BCUT2D eigenvalue weighted by molar-refractivity contribution is 9.10. The molecule has 6 aromatic rings. The Bertz CT molecular complexity index is 3580. The van der Waals surface area contributed by atoms with Gasteiger partial charge in [-0.15, -0.1) is 0 Å². The summed E-state index contributed by atoms with van der Waals surface area (Å²) in [6.45, 7) is 32.6. The van der Waals surface area contributed by atoms with Crippen LogP contribution in [0.25, 0.3) is 0 Å². The van der Waals surface area contributed by atoms with Crippen LogP contribution in [0.5, 0.6) is 0 Å². The first kappa shape index (κ1) is 81.2. The molecule has 0 aliphatic carbocycles. The molecule has 6 saturated heterocycles. The number of aromatic nitrogens is 2. The summed E-state index contributed by atoms with van der Waals surface area (Å²) in [5, 5.41) is 0. The molecule has 18 nitrogen and oxygen atoms in total. The van der Waals surface area contributed by atoms with Crippen molar-refractivity contribution in [2.24, 2.45) is 40.2 Å². The molecule has 2 N–H and O–H groups in total. The molecule has 6 fully saturated rings. The topological polar surface area (TPSA) is 183 Å². The van der Waals surface area contributed by atoms with Crippen LogP contribution in [0, 0.1) is 34.5 Å². The Morgan fingerprint density at radius 2 is 0.708 bits per heavy atom. The Morgan fingerprint density at radius 1 is 0.406 bits per heavy atom. The number of rotatable bonds is 16. The van der Waals surface area contributed by atoms with E-state index >= 15 is 0 Å². The van der Waals surface area contributed by atoms with E-state index in [2.05, 4.69) is 244 Å². The number of urea groups is 1. The quantitative estimate of drug-likeness (QED) is 0.0973. The molecular formula is C86H116Br2N12O6. The molecule has 0 radical (unpaired) electrons. The van der Waals surface area contributed by atoms with Crippen molar-refractivity contribution < 1.29 is 28.8 Å². The van der Waals surface area contributed by atoms with Crippen LogP contribution in [0.4, 0.5) is 4.79 Å². The fraction of sp³-hybridized carbons (Fsp3) is 0.535. The lowest BCUT2D eigenvalue weighted by atomic mass is 9.82. The predicted octanol–water partition coefficient (Wildman–Crippen LogP) is 14.4. The van der Waals surface area contributed by atoms with Gasteiger partial charge in [0.2, 0.25) is 29.5 Å². The molecule has 0 saturated carbocycles. The summed E-state index contributed by atoms with van der Waals surface area (Å²) < 4.78 is 1.93.